The summed E-state index contributed by atoms with van der Waals surface area (Å²) in [5.41, 5.74) is 0.770. The van der Waals surface area contributed by atoms with E-state index in [1.165, 1.54) is 25.1 Å². The van der Waals surface area contributed by atoms with Crippen molar-refractivity contribution in [3.05, 3.63) is 69.5 Å². The number of amides is 1. The van der Waals surface area contributed by atoms with Crippen LogP contribution in [0.3, 0.4) is 0 Å². The van der Waals surface area contributed by atoms with Gasteiger partial charge in [0, 0.05) is 22.6 Å². The van der Waals surface area contributed by atoms with E-state index in [0.29, 0.717) is 11.0 Å². The maximum atomic E-state index is 12.8. The Hall–Kier alpha value is -3.68. The predicted molar refractivity (Wildman–Crippen MR) is 98.0 cm³/mol. The number of nitrogens with zero attached hydrogens (tertiary/aromatic N) is 1. The first-order valence-corrected chi connectivity index (χ1v) is 8.18. The first-order chi connectivity index (χ1) is 12.9. The Kier molecular flexibility index (Phi) is 4.89. The first-order valence-electron chi connectivity index (χ1n) is 8.18. The number of benzene rings is 2. The summed E-state index contributed by atoms with van der Waals surface area (Å²) >= 11 is 0. The molecular formula is C19H16N2O6. The Bertz CT molecular complexity index is 1050. The third kappa shape index (κ3) is 3.37. The lowest BCUT2D eigenvalue weighted by molar-refractivity contribution is -0.385. The molecule has 8 heteroatoms. The molecule has 1 aromatic heterocycles. The Balaban J connectivity index is 2.05. The summed E-state index contributed by atoms with van der Waals surface area (Å²) in [5, 5.41) is 14.3. The normalized spacial score (nSPS) is 10.6. The van der Waals surface area contributed by atoms with Crippen molar-refractivity contribution < 1.29 is 23.7 Å². The van der Waals surface area contributed by atoms with Crippen LogP contribution in [0.2, 0.25) is 0 Å². The van der Waals surface area contributed by atoms with Gasteiger partial charge in [-0.1, -0.05) is 18.2 Å². The van der Waals surface area contributed by atoms with Crippen LogP contribution >= 0.6 is 0 Å². The van der Waals surface area contributed by atoms with Gasteiger partial charge >= 0.3 is 5.97 Å². The third-order valence-electron chi connectivity index (χ3n) is 4.04. The van der Waals surface area contributed by atoms with E-state index in [0.717, 1.165) is 0 Å². The summed E-state index contributed by atoms with van der Waals surface area (Å²) < 4.78 is 10.5. The van der Waals surface area contributed by atoms with E-state index in [1.807, 2.05) is 0 Å². The summed E-state index contributed by atoms with van der Waals surface area (Å²) in [4.78, 5) is 35.5. The monoisotopic (exact) mass is 368 g/mol. The van der Waals surface area contributed by atoms with E-state index >= 15 is 0 Å². The number of hydrogen-bond acceptors (Lipinski definition) is 6. The zero-order valence-corrected chi connectivity index (χ0v) is 14.6. The number of esters is 1. The lowest BCUT2D eigenvalue weighted by atomic mass is 10.1. The van der Waals surface area contributed by atoms with Gasteiger partial charge in [-0.2, -0.15) is 0 Å². The molecule has 138 valence electrons. The van der Waals surface area contributed by atoms with Gasteiger partial charge in [-0.15, -0.1) is 0 Å². The smallest absolute Gasteiger partial charge is 0.376 e. The Morgan fingerprint density at radius 3 is 2.63 bits per heavy atom. The highest BCUT2D eigenvalue weighted by atomic mass is 16.6. The van der Waals surface area contributed by atoms with Crippen molar-refractivity contribution in [3.63, 3.8) is 0 Å². The van der Waals surface area contributed by atoms with Crippen LogP contribution in [0.15, 0.2) is 46.9 Å². The molecule has 3 rings (SSSR count). The highest BCUT2D eigenvalue weighted by Crippen LogP contribution is 2.32. The molecule has 0 unspecified atom stereocenters. The molecule has 1 N–H and O–H groups in total. The number of carbonyl (C=O) groups excluding carboxylic acids is 2. The topological polar surface area (TPSA) is 112 Å². The quantitative estimate of drug-likeness (QED) is 0.413. The molecule has 0 spiro atoms. The molecule has 0 radical (unpaired) electrons. The molecular weight excluding hydrogens is 352 g/mol. The minimum absolute atomic E-state index is 0.129. The summed E-state index contributed by atoms with van der Waals surface area (Å²) in [5.74, 6) is -1.43. The van der Waals surface area contributed by atoms with Crippen LogP contribution < -0.4 is 5.32 Å². The van der Waals surface area contributed by atoms with Crippen LogP contribution in [0, 0.1) is 17.0 Å². The summed E-state index contributed by atoms with van der Waals surface area (Å²) in [6.45, 7) is 3.30. The number of furan rings is 1. The standard InChI is InChI=1S/C19H16N2O6/c1-3-26-19(23)17-16(13-7-4-5-10-15(13)27-17)20-18(22)12-8-6-9-14(11(12)2)21(24)25/h4-10H,3H2,1-2H3,(H,20,22). The van der Waals surface area contributed by atoms with Crippen molar-refractivity contribution >= 4 is 34.2 Å². The number of nitrogens with one attached hydrogen (secondary N) is 1. The average molecular weight is 368 g/mol. The number of nitro groups is 1. The highest BCUT2D eigenvalue weighted by Gasteiger charge is 2.25. The van der Waals surface area contributed by atoms with Crippen molar-refractivity contribution in [1.29, 1.82) is 0 Å². The summed E-state index contributed by atoms with van der Waals surface area (Å²) in [6, 6.07) is 11.1. The molecule has 8 nitrogen and oxygen atoms in total. The fourth-order valence-corrected chi connectivity index (χ4v) is 2.76. The van der Waals surface area contributed by atoms with E-state index in [1.54, 1.807) is 31.2 Å². The van der Waals surface area contributed by atoms with Crippen LogP contribution in [0.1, 0.15) is 33.4 Å². The maximum absolute atomic E-state index is 12.8. The number of carbonyl (C=O) groups is 2. The lowest BCUT2D eigenvalue weighted by Gasteiger charge is -2.08. The lowest BCUT2D eigenvalue weighted by Crippen LogP contribution is -2.16. The Labute approximate surface area is 153 Å². The predicted octanol–water partition coefficient (Wildman–Crippen LogP) is 4.08. The van der Waals surface area contributed by atoms with Gasteiger partial charge in [0.15, 0.2) is 0 Å². The first kappa shape index (κ1) is 18.1. The number of hydrogen-bond donors (Lipinski definition) is 1. The molecule has 0 fully saturated rings. The second kappa shape index (κ2) is 7.28. The maximum Gasteiger partial charge on any atom is 0.376 e. The summed E-state index contributed by atoms with van der Waals surface area (Å²) in [6.07, 6.45) is 0. The van der Waals surface area contributed by atoms with Gasteiger partial charge in [-0.3, -0.25) is 14.9 Å². The van der Waals surface area contributed by atoms with E-state index in [4.69, 9.17) is 9.15 Å². The van der Waals surface area contributed by atoms with Gasteiger partial charge in [-0.25, -0.2) is 4.79 Å². The molecule has 0 aliphatic carbocycles. The minimum Gasteiger partial charge on any atom is -0.460 e. The molecule has 0 bridgehead atoms. The molecule has 0 aliphatic rings. The molecule has 2 aromatic carbocycles. The van der Waals surface area contributed by atoms with Crippen molar-refractivity contribution in [2.75, 3.05) is 11.9 Å². The number of para-hydroxylation sites is 1. The van der Waals surface area contributed by atoms with Crippen molar-refractivity contribution in [2.45, 2.75) is 13.8 Å². The molecule has 0 aliphatic heterocycles. The van der Waals surface area contributed by atoms with Crippen LogP contribution in [0.25, 0.3) is 11.0 Å². The molecule has 0 atom stereocenters. The molecule has 1 heterocycles. The fraction of sp³-hybridized carbons (Fsp3) is 0.158. The van der Waals surface area contributed by atoms with Gasteiger partial charge < -0.3 is 14.5 Å². The van der Waals surface area contributed by atoms with E-state index in [-0.39, 0.29) is 34.9 Å². The van der Waals surface area contributed by atoms with Gasteiger partial charge in [0.2, 0.25) is 5.76 Å². The minimum atomic E-state index is -0.709. The molecule has 27 heavy (non-hydrogen) atoms. The molecule has 1 amide bonds. The number of nitro benzene ring substituents is 1. The van der Waals surface area contributed by atoms with Gasteiger partial charge in [0.25, 0.3) is 11.6 Å². The number of fused-ring (bicyclic) bond motifs is 1. The summed E-state index contributed by atoms with van der Waals surface area (Å²) in [7, 11) is 0. The van der Waals surface area contributed by atoms with Crippen LogP contribution in [-0.2, 0) is 4.74 Å². The van der Waals surface area contributed by atoms with Crippen molar-refractivity contribution in [2.24, 2.45) is 0 Å². The van der Waals surface area contributed by atoms with Crippen molar-refractivity contribution in [1.82, 2.24) is 0 Å². The average Bonchev–Trinajstić information content (AvgIpc) is 3.00. The highest BCUT2D eigenvalue weighted by molar-refractivity contribution is 6.14. The van der Waals surface area contributed by atoms with Crippen LogP contribution in [0.5, 0.6) is 0 Å². The zero-order chi connectivity index (χ0) is 19.6. The van der Waals surface area contributed by atoms with Crippen LogP contribution in [-0.4, -0.2) is 23.4 Å². The Morgan fingerprint density at radius 2 is 1.93 bits per heavy atom. The van der Waals surface area contributed by atoms with E-state index in [2.05, 4.69) is 5.32 Å². The largest absolute Gasteiger partial charge is 0.460 e. The van der Waals surface area contributed by atoms with Gasteiger partial charge in [0.05, 0.1) is 11.5 Å². The van der Waals surface area contributed by atoms with E-state index < -0.39 is 16.8 Å². The molecule has 0 saturated carbocycles. The second-order valence-corrected chi connectivity index (χ2v) is 5.68. The fourth-order valence-electron chi connectivity index (χ4n) is 2.76. The third-order valence-corrected chi connectivity index (χ3v) is 4.04. The van der Waals surface area contributed by atoms with Crippen molar-refractivity contribution in [3.8, 4) is 0 Å². The number of rotatable bonds is 5. The van der Waals surface area contributed by atoms with E-state index in [9.17, 15) is 19.7 Å². The zero-order valence-electron chi connectivity index (χ0n) is 14.6. The molecule has 3 aromatic rings. The van der Waals surface area contributed by atoms with Gasteiger partial charge in [-0.05, 0) is 32.0 Å². The van der Waals surface area contributed by atoms with Crippen LogP contribution in [0.4, 0.5) is 11.4 Å². The number of ether oxygens (including phenoxy) is 1. The SMILES string of the molecule is CCOC(=O)c1oc2ccccc2c1NC(=O)c1cccc([N+](=O)[O-])c1C. The van der Waals surface area contributed by atoms with Gasteiger partial charge in [0.1, 0.15) is 11.3 Å². The number of anilines is 1. The second-order valence-electron chi connectivity index (χ2n) is 5.68. The molecule has 0 saturated heterocycles. The Morgan fingerprint density at radius 1 is 1.19 bits per heavy atom.